The Bertz CT molecular complexity index is 517. The number of ether oxygens (including phenoxy) is 1. The molecule has 0 fully saturated rings. The molecule has 1 aromatic heterocycles. The molecule has 0 aliphatic rings. The van der Waals surface area contributed by atoms with Crippen molar-refractivity contribution >= 4 is 0 Å². The number of hydrogen-bond acceptors (Lipinski definition) is 3. The van der Waals surface area contributed by atoms with E-state index in [1.54, 1.807) is 13.3 Å². The number of hydrogen-bond donors (Lipinski definition) is 1. The van der Waals surface area contributed by atoms with Gasteiger partial charge in [-0.1, -0.05) is 25.1 Å². The number of nitrogens with zero attached hydrogens (tertiary/aromatic N) is 2. The largest absolute Gasteiger partial charge is 0.376 e. The molecule has 2 atom stereocenters. The number of methoxy groups -OCH3 is 1. The van der Waals surface area contributed by atoms with Crippen LogP contribution in [0.25, 0.3) is 5.69 Å². The zero-order valence-corrected chi connectivity index (χ0v) is 11.7. The molecule has 0 aliphatic carbocycles. The van der Waals surface area contributed by atoms with Gasteiger partial charge in [-0.05, 0) is 31.5 Å². The van der Waals surface area contributed by atoms with Crippen LogP contribution in [0, 0.1) is 0 Å². The predicted molar refractivity (Wildman–Crippen MR) is 76.2 cm³/mol. The van der Waals surface area contributed by atoms with Crippen LogP contribution in [0.3, 0.4) is 0 Å². The molecular weight excluding hydrogens is 238 g/mol. The molecule has 0 saturated heterocycles. The van der Waals surface area contributed by atoms with Gasteiger partial charge in [-0.3, -0.25) is 0 Å². The normalized spacial score (nSPS) is 16.0. The second-order valence-corrected chi connectivity index (χ2v) is 4.85. The van der Waals surface area contributed by atoms with Gasteiger partial charge in [0.15, 0.2) is 0 Å². The van der Waals surface area contributed by atoms with Crippen molar-refractivity contribution in [2.75, 3.05) is 7.11 Å². The molecule has 4 heteroatoms. The summed E-state index contributed by atoms with van der Waals surface area (Å²) in [5.74, 6) is 0. The van der Waals surface area contributed by atoms with Gasteiger partial charge in [0.25, 0.3) is 0 Å². The maximum absolute atomic E-state index is 6.39. The highest BCUT2D eigenvalue weighted by Crippen LogP contribution is 2.30. The Morgan fingerprint density at radius 3 is 2.58 bits per heavy atom. The van der Waals surface area contributed by atoms with Gasteiger partial charge in [0.2, 0.25) is 0 Å². The SMILES string of the molecule is CCC(C)(OC)C(N)c1ccnn1-c1ccccc1. The van der Waals surface area contributed by atoms with Crippen molar-refractivity contribution < 1.29 is 4.74 Å². The molecule has 1 heterocycles. The average Bonchev–Trinajstić information content (AvgIpc) is 2.95. The lowest BCUT2D eigenvalue weighted by Gasteiger charge is -2.33. The zero-order chi connectivity index (χ0) is 13.9. The molecule has 19 heavy (non-hydrogen) atoms. The van der Waals surface area contributed by atoms with Crippen LogP contribution in [0.15, 0.2) is 42.6 Å². The maximum Gasteiger partial charge on any atom is 0.0855 e. The summed E-state index contributed by atoms with van der Waals surface area (Å²) in [5.41, 5.74) is 7.96. The summed E-state index contributed by atoms with van der Waals surface area (Å²) >= 11 is 0. The monoisotopic (exact) mass is 259 g/mol. The zero-order valence-electron chi connectivity index (χ0n) is 11.7. The molecule has 0 aliphatic heterocycles. The van der Waals surface area contributed by atoms with Gasteiger partial charge in [0.05, 0.1) is 23.0 Å². The minimum absolute atomic E-state index is 0.231. The first-order valence-electron chi connectivity index (χ1n) is 6.52. The maximum atomic E-state index is 6.39. The molecule has 0 saturated carbocycles. The second-order valence-electron chi connectivity index (χ2n) is 4.85. The standard InChI is InChI=1S/C15H21N3O/c1-4-15(2,19-3)14(16)13-10-11-17-18(13)12-8-6-5-7-9-12/h5-11,14H,4,16H2,1-3H3. The number of nitrogens with two attached hydrogens (primary N) is 1. The van der Waals surface area contributed by atoms with Crippen LogP contribution in [0.2, 0.25) is 0 Å². The van der Waals surface area contributed by atoms with Crippen LogP contribution >= 0.6 is 0 Å². The lowest BCUT2D eigenvalue weighted by Crippen LogP contribution is -2.40. The Balaban J connectivity index is 2.40. The fourth-order valence-electron chi connectivity index (χ4n) is 2.14. The molecule has 0 spiro atoms. The van der Waals surface area contributed by atoms with E-state index in [-0.39, 0.29) is 6.04 Å². The minimum Gasteiger partial charge on any atom is -0.376 e. The molecule has 2 N–H and O–H groups in total. The molecule has 4 nitrogen and oxygen atoms in total. The molecule has 1 aromatic carbocycles. The van der Waals surface area contributed by atoms with Crippen LogP contribution in [-0.2, 0) is 4.74 Å². The van der Waals surface area contributed by atoms with Crippen molar-refractivity contribution in [3.63, 3.8) is 0 Å². The fourth-order valence-corrected chi connectivity index (χ4v) is 2.14. The Kier molecular flexibility index (Phi) is 4.02. The van der Waals surface area contributed by atoms with Crippen LogP contribution in [0.5, 0.6) is 0 Å². The van der Waals surface area contributed by atoms with E-state index in [0.29, 0.717) is 0 Å². The minimum atomic E-state index is -0.396. The third-order valence-electron chi connectivity index (χ3n) is 3.82. The van der Waals surface area contributed by atoms with E-state index in [4.69, 9.17) is 10.5 Å². The van der Waals surface area contributed by atoms with Gasteiger partial charge in [-0.15, -0.1) is 0 Å². The number of para-hydroxylation sites is 1. The summed E-state index contributed by atoms with van der Waals surface area (Å²) in [6.45, 7) is 4.10. The van der Waals surface area contributed by atoms with Crippen molar-refractivity contribution in [3.8, 4) is 5.69 Å². The van der Waals surface area contributed by atoms with E-state index in [1.165, 1.54) is 0 Å². The molecule has 2 aromatic rings. The Morgan fingerprint density at radius 2 is 2.00 bits per heavy atom. The first-order valence-corrected chi connectivity index (χ1v) is 6.52. The van der Waals surface area contributed by atoms with Crippen molar-refractivity contribution in [1.29, 1.82) is 0 Å². The van der Waals surface area contributed by atoms with Crippen molar-refractivity contribution in [2.24, 2.45) is 5.73 Å². The predicted octanol–water partition coefficient (Wildman–Crippen LogP) is 2.69. The highest BCUT2D eigenvalue weighted by atomic mass is 16.5. The van der Waals surface area contributed by atoms with Crippen molar-refractivity contribution in [3.05, 3.63) is 48.3 Å². The highest BCUT2D eigenvalue weighted by Gasteiger charge is 2.33. The number of rotatable bonds is 5. The molecule has 0 amide bonds. The topological polar surface area (TPSA) is 53.1 Å². The van der Waals surface area contributed by atoms with Gasteiger partial charge in [-0.2, -0.15) is 5.10 Å². The van der Waals surface area contributed by atoms with Crippen LogP contribution < -0.4 is 5.73 Å². The Hall–Kier alpha value is -1.65. The van der Waals surface area contributed by atoms with E-state index in [2.05, 4.69) is 12.0 Å². The molecule has 0 radical (unpaired) electrons. The molecule has 102 valence electrons. The quantitative estimate of drug-likeness (QED) is 0.898. The van der Waals surface area contributed by atoms with E-state index in [9.17, 15) is 0 Å². The summed E-state index contributed by atoms with van der Waals surface area (Å²) < 4.78 is 7.47. The smallest absolute Gasteiger partial charge is 0.0855 e. The van der Waals surface area contributed by atoms with Crippen molar-refractivity contribution in [2.45, 2.75) is 31.9 Å². The van der Waals surface area contributed by atoms with E-state index < -0.39 is 5.60 Å². The lowest BCUT2D eigenvalue weighted by atomic mass is 9.91. The Morgan fingerprint density at radius 1 is 1.32 bits per heavy atom. The van der Waals surface area contributed by atoms with Gasteiger partial charge in [0.1, 0.15) is 0 Å². The van der Waals surface area contributed by atoms with Gasteiger partial charge in [0, 0.05) is 13.3 Å². The van der Waals surface area contributed by atoms with Crippen LogP contribution in [0.1, 0.15) is 32.0 Å². The van der Waals surface area contributed by atoms with Crippen LogP contribution in [-0.4, -0.2) is 22.5 Å². The Labute approximate surface area is 114 Å². The van der Waals surface area contributed by atoms with E-state index >= 15 is 0 Å². The highest BCUT2D eigenvalue weighted by molar-refractivity contribution is 5.33. The molecule has 0 bridgehead atoms. The second kappa shape index (κ2) is 5.55. The lowest BCUT2D eigenvalue weighted by molar-refractivity contribution is -0.0210. The fraction of sp³-hybridized carbons (Fsp3) is 0.400. The third kappa shape index (κ3) is 2.55. The van der Waals surface area contributed by atoms with Crippen LogP contribution in [0.4, 0.5) is 0 Å². The van der Waals surface area contributed by atoms with E-state index in [0.717, 1.165) is 17.8 Å². The van der Waals surface area contributed by atoms with Gasteiger partial charge < -0.3 is 10.5 Å². The number of aromatic nitrogens is 2. The average molecular weight is 259 g/mol. The summed E-state index contributed by atoms with van der Waals surface area (Å²) in [4.78, 5) is 0. The van der Waals surface area contributed by atoms with Gasteiger partial charge >= 0.3 is 0 Å². The first kappa shape index (κ1) is 13.8. The molecular formula is C15H21N3O. The van der Waals surface area contributed by atoms with Crippen molar-refractivity contribution in [1.82, 2.24) is 9.78 Å². The third-order valence-corrected chi connectivity index (χ3v) is 3.82. The summed E-state index contributed by atoms with van der Waals surface area (Å²) in [5, 5.41) is 4.37. The summed E-state index contributed by atoms with van der Waals surface area (Å²) in [6, 6.07) is 11.7. The summed E-state index contributed by atoms with van der Waals surface area (Å²) in [7, 11) is 1.70. The first-order chi connectivity index (χ1) is 9.12. The molecule has 2 rings (SSSR count). The number of benzene rings is 1. The van der Waals surface area contributed by atoms with E-state index in [1.807, 2.05) is 48.0 Å². The molecule has 2 unspecified atom stereocenters. The summed E-state index contributed by atoms with van der Waals surface area (Å²) in [6.07, 6.45) is 2.61. The van der Waals surface area contributed by atoms with Gasteiger partial charge in [-0.25, -0.2) is 4.68 Å².